The molecule has 3 heterocycles. The molecular weight excluding hydrogens is 1010 g/mol. The first-order valence-corrected chi connectivity index (χ1v) is 31.1. The predicted octanol–water partition coefficient (Wildman–Crippen LogP) is 20.4. The minimum Gasteiger partial charge on any atom is -0.311 e. The molecule has 0 bridgehead atoms. The highest BCUT2D eigenvalue weighted by Gasteiger charge is 2.49. The second kappa shape index (κ2) is 18.0. The second-order valence-corrected chi connectivity index (χ2v) is 31.9. The number of aryl methyl sites for hydroxylation is 2. The van der Waals surface area contributed by atoms with Crippen molar-refractivity contribution in [3.8, 4) is 0 Å². The fourth-order valence-corrected chi connectivity index (χ4v) is 16.2. The zero-order valence-electron chi connectivity index (χ0n) is 55.2. The zero-order chi connectivity index (χ0) is 60.8. The molecule has 418 valence electrons. The molecule has 2 aliphatic carbocycles. The van der Waals surface area contributed by atoms with Gasteiger partial charge in [0.25, 0.3) is 6.71 Å². The van der Waals surface area contributed by atoms with Crippen LogP contribution in [0.3, 0.4) is 0 Å². The molecule has 0 saturated carbocycles. The molecule has 1 aromatic heterocycles. The summed E-state index contributed by atoms with van der Waals surface area (Å²) in [6.07, 6.45) is 3.24. The van der Waals surface area contributed by atoms with Crippen LogP contribution in [0.4, 0.5) is 51.2 Å². The number of hydrogen-bond donors (Lipinski definition) is 0. The lowest BCUT2D eigenvalue weighted by molar-refractivity contribution is 0.332. The number of benzene rings is 8. The third-order valence-electron chi connectivity index (χ3n) is 19.8. The Labute approximate surface area is 500 Å². The van der Waals surface area contributed by atoms with Gasteiger partial charge in [0.2, 0.25) is 0 Å². The van der Waals surface area contributed by atoms with Crippen LogP contribution in [0, 0.1) is 13.8 Å². The maximum absolute atomic E-state index is 9.44. The van der Waals surface area contributed by atoms with Gasteiger partial charge in [0.1, 0.15) is 0 Å². The molecular formula is C77H86BN3S. The summed E-state index contributed by atoms with van der Waals surface area (Å²) in [5.41, 5.74) is 23.6. The van der Waals surface area contributed by atoms with Gasteiger partial charge in [0, 0.05) is 75.5 Å². The monoisotopic (exact) mass is 1100 g/mol. The van der Waals surface area contributed by atoms with Crippen LogP contribution in [-0.2, 0) is 37.9 Å². The van der Waals surface area contributed by atoms with E-state index in [9.17, 15) is 4.11 Å². The van der Waals surface area contributed by atoms with E-state index >= 15 is 0 Å². The quantitative estimate of drug-likeness (QED) is 0.159. The summed E-state index contributed by atoms with van der Waals surface area (Å²) in [5.74, 6) is 0. The Balaban J connectivity index is 1.14. The van der Waals surface area contributed by atoms with E-state index < -0.39 is 6.85 Å². The molecule has 0 amide bonds. The Morgan fingerprint density at radius 1 is 0.451 bits per heavy atom. The lowest BCUT2D eigenvalue weighted by Gasteiger charge is -2.46. The molecule has 5 heteroatoms. The van der Waals surface area contributed by atoms with Gasteiger partial charge in [0.15, 0.2) is 0 Å². The standard InChI is InChI=1S/C77H86BN3S/c1-46-36-66-70-67(37-46)81(63-43-59-57(38-47(63)2)74(12,13)34-35-75(59,14)15)65-44-60-58(76(16,17)45-77(60,18)19)42-62(65)78(70)61-32-29-54(79(51-25-20-48(21-26-51)71(3,4)5)52-27-22-49(23-28-52)72(6,7)8)41-64(61)80(66)53-30-33-68-56(40-53)55-31-24-50(73(9,10)11)39-69(55)82-68/h20-33,36-44H,34-35,45H2,1-19H3/i1D3. The largest absolute Gasteiger partial charge is 0.311 e. The topological polar surface area (TPSA) is 9.72 Å². The molecule has 0 saturated heterocycles. The first kappa shape index (κ1) is 51.1. The van der Waals surface area contributed by atoms with Crippen molar-refractivity contribution in [1.29, 1.82) is 0 Å². The minimum atomic E-state index is -2.42. The molecule has 82 heavy (non-hydrogen) atoms. The molecule has 9 aromatic rings. The summed E-state index contributed by atoms with van der Waals surface area (Å²) in [7, 11) is 0. The maximum atomic E-state index is 9.44. The Kier molecular flexibility index (Phi) is 11.2. The number of hydrogen-bond acceptors (Lipinski definition) is 4. The van der Waals surface area contributed by atoms with Gasteiger partial charge in [-0.05, 0) is 222 Å². The van der Waals surface area contributed by atoms with Gasteiger partial charge in [0.05, 0.1) is 0 Å². The number of anilines is 9. The summed E-state index contributed by atoms with van der Waals surface area (Å²) in [5, 5.41) is 2.43. The molecule has 0 fully saturated rings. The summed E-state index contributed by atoms with van der Waals surface area (Å²) in [4.78, 5) is 7.36. The van der Waals surface area contributed by atoms with Gasteiger partial charge in [-0.15, -0.1) is 11.3 Å². The molecule has 2 aliphatic heterocycles. The van der Waals surface area contributed by atoms with Crippen molar-refractivity contribution in [3.05, 3.63) is 190 Å². The molecule has 0 spiro atoms. The van der Waals surface area contributed by atoms with Crippen LogP contribution in [0.1, 0.15) is 191 Å². The molecule has 3 nitrogen and oxygen atoms in total. The average Bonchev–Trinajstić information content (AvgIpc) is 1.46. The van der Waals surface area contributed by atoms with E-state index in [0.717, 1.165) is 75.9 Å². The molecule has 0 N–H and O–H groups in total. The minimum absolute atomic E-state index is 0.00821. The predicted molar refractivity (Wildman–Crippen MR) is 360 cm³/mol. The first-order chi connectivity index (χ1) is 39.5. The Bertz CT molecular complexity index is 4170. The second-order valence-electron chi connectivity index (χ2n) is 30.8. The van der Waals surface area contributed by atoms with E-state index in [1.165, 1.54) is 75.6 Å². The van der Waals surface area contributed by atoms with Crippen molar-refractivity contribution < 1.29 is 4.11 Å². The number of thiophene rings is 1. The fourth-order valence-electron chi connectivity index (χ4n) is 15.1. The van der Waals surface area contributed by atoms with Crippen LogP contribution < -0.4 is 31.1 Å². The van der Waals surface area contributed by atoms with E-state index in [4.69, 9.17) is 0 Å². The van der Waals surface area contributed by atoms with Crippen LogP contribution in [-0.4, -0.2) is 6.71 Å². The number of nitrogens with zero attached hydrogens (tertiary/aromatic N) is 3. The third-order valence-corrected chi connectivity index (χ3v) is 20.9. The third kappa shape index (κ3) is 8.62. The molecule has 8 aromatic carbocycles. The lowest BCUT2D eigenvalue weighted by Crippen LogP contribution is -2.61. The van der Waals surface area contributed by atoms with E-state index in [-0.39, 0.29) is 44.6 Å². The summed E-state index contributed by atoms with van der Waals surface area (Å²) < 4.78 is 30.8. The zero-order valence-corrected chi connectivity index (χ0v) is 53.0. The smallest absolute Gasteiger partial charge is 0.252 e. The highest BCUT2D eigenvalue weighted by atomic mass is 32.1. The number of rotatable bonds is 5. The first-order valence-electron chi connectivity index (χ1n) is 31.8. The molecule has 4 aliphatic rings. The van der Waals surface area contributed by atoms with Crippen LogP contribution >= 0.6 is 11.3 Å². The van der Waals surface area contributed by atoms with Crippen molar-refractivity contribution in [2.75, 3.05) is 14.7 Å². The van der Waals surface area contributed by atoms with Crippen molar-refractivity contribution in [3.63, 3.8) is 0 Å². The fraction of sp³-hybridized carbons (Fsp3) is 0.377. The molecule has 0 atom stereocenters. The summed E-state index contributed by atoms with van der Waals surface area (Å²) in [6.45, 7) is 39.5. The number of fused-ring (bicyclic) bond motifs is 9. The van der Waals surface area contributed by atoms with E-state index in [2.05, 4.69) is 267 Å². The summed E-state index contributed by atoms with van der Waals surface area (Å²) in [6, 6.07) is 53.6. The van der Waals surface area contributed by atoms with Crippen LogP contribution in [0.5, 0.6) is 0 Å². The van der Waals surface area contributed by atoms with Gasteiger partial charge in [-0.25, -0.2) is 0 Å². The molecule has 0 radical (unpaired) electrons. The van der Waals surface area contributed by atoms with Crippen molar-refractivity contribution in [2.45, 2.75) is 189 Å². The van der Waals surface area contributed by atoms with Gasteiger partial charge in [-0.1, -0.05) is 172 Å². The average molecular weight is 1100 g/mol. The Morgan fingerprint density at radius 2 is 0.963 bits per heavy atom. The van der Waals surface area contributed by atoms with Crippen LogP contribution in [0.2, 0.25) is 0 Å². The summed E-state index contributed by atoms with van der Waals surface area (Å²) >= 11 is 1.85. The highest BCUT2D eigenvalue weighted by Crippen LogP contribution is 2.55. The lowest BCUT2D eigenvalue weighted by atomic mass is 9.33. The Hall–Kier alpha value is -6.56. The Morgan fingerprint density at radius 3 is 1.55 bits per heavy atom. The molecule has 0 unspecified atom stereocenters. The van der Waals surface area contributed by atoms with Gasteiger partial charge >= 0.3 is 0 Å². The van der Waals surface area contributed by atoms with E-state index in [1.807, 2.05) is 23.5 Å². The van der Waals surface area contributed by atoms with Crippen molar-refractivity contribution in [2.24, 2.45) is 0 Å². The molecule has 13 rings (SSSR count). The SMILES string of the molecule is [2H]C([2H])([2H])c1cc2c3c(c1)N(c1cc4c(cc1C)C(C)(C)CCC4(C)C)c1cc4c(cc1B3c1ccc(N(c3ccc(C(C)(C)C)cc3)c3ccc(C(C)(C)C)cc3)cc1N2c1ccc2sc3cc(C(C)(C)C)ccc3c2c1)C(C)(C)CC4(C)C. The van der Waals surface area contributed by atoms with Crippen molar-refractivity contribution in [1.82, 2.24) is 0 Å². The van der Waals surface area contributed by atoms with Crippen LogP contribution in [0.15, 0.2) is 140 Å². The van der Waals surface area contributed by atoms with Gasteiger partial charge in [-0.2, -0.15) is 0 Å². The van der Waals surface area contributed by atoms with Gasteiger partial charge < -0.3 is 14.7 Å². The van der Waals surface area contributed by atoms with Gasteiger partial charge in [-0.3, -0.25) is 0 Å². The van der Waals surface area contributed by atoms with E-state index in [1.54, 1.807) is 0 Å². The normalized spacial score (nSPS) is 18.1. The van der Waals surface area contributed by atoms with E-state index in [0.29, 0.717) is 5.56 Å². The highest BCUT2D eigenvalue weighted by molar-refractivity contribution is 7.25. The van der Waals surface area contributed by atoms with Crippen LogP contribution in [0.25, 0.3) is 20.2 Å². The maximum Gasteiger partial charge on any atom is 0.252 e. The van der Waals surface area contributed by atoms with Crippen molar-refractivity contribution >= 4 is 106 Å².